The van der Waals surface area contributed by atoms with Gasteiger partial charge in [-0.1, -0.05) is 54.6 Å². The average Bonchev–Trinajstić information content (AvgIpc) is 3.21. The number of hydrogen-bond acceptors (Lipinski definition) is 6. The molecule has 0 radical (unpaired) electrons. The van der Waals surface area contributed by atoms with Crippen molar-refractivity contribution in [1.82, 2.24) is 5.32 Å². The highest BCUT2D eigenvalue weighted by Crippen LogP contribution is 2.30. The van der Waals surface area contributed by atoms with Gasteiger partial charge in [0, 0.05) is 5.69 Å². The monoisotopic (exact) mass is 487 g/mol. The number of amides is 2. The van der Waals surface area contributed by atoms with Gasteiger partial charge in [-0.05, 0) is 59.7 Å². The van der Waals surface area contributed by atoms with E-state index in [9.17, 15) is 14.9 Å². The first-order chi connectivity index (χ1) is 18.1. The fraction of sp³-hybridized carbons (Fsp3) is 0.0333. The van der Waals surface area contributed by atoms with Crippen molar-refractivity contribution in [2.75, 3.05) is 5.32 Å². The molecule has 0 fully saturated rings. The number of benzene rings is 4. The Labute approximate surface area is 213 Å². The Morgan fingerprint density at radius 2 is 1.54 bits per heavy atom. The number of hydrogen-bond donors (Lipinski definition) is 2. The molecule has 0 saturated heterocycles. The van der Waals surface area contributed by atoms with E-state index in [-0.39, 0.29) is 11.3 Å². The lowest BCUT2D eigenvalue weighted by Crippen LogP contribution is -2.24. The third-order valence-electron chi connectivity index (χ3n) is 5.66. The molecule has 4 aromatic carbocycles. The maximum absolute atomic E-state index is 12.7. The number of ether oxygens (including phenoxy) is 2. The number of rotatable bonds is 8. The molecular weight excluding hydrogens is 466 g/mol. The van der Waals surface area contributed by atoms with Crippen LogP contribution in [0.5, 0.6) is 17.2 Å². The Hall–Kier alpha value is -5.35. The minimum atomic E-state index is -0.515. The summed E-state index contributed by atoms with van der Waals surface area (Å²) in [6.45, 7) is 0.382. The Morgan fingerprint density at radius 3 is 2.32 bits per heavy atom. The predicted molar refractivity (Wildman–Crippen MR) is 139 cm³/mol. The molecule has 2 amide bonds. The third-order valence-corrected chi connectivity index (χ3v) is 5.66. The zero-order valence-electron chi connectivity index (χ0n) is 19.6. The fourth-order valence-electron chi connectivity index (χ4n) is 3.86. The molecule has 0 aromatic heterocycles. The fourth-order valence-corrected chi connectivity index (χ4v) is 3.86. The van der Waals surface area contributed by atoms with Crippen molar-refractivity contribution in [2.45, 2.75) is 6.61 Å². The number of nitrogens with one attached hydrogen (secondary N) is 2. The zero-order valence-corrected chi connectivity index (χ0v) is 19.6. The molecule has 2 N–H and O–H groups in total. The van der Waals surface area contributed by atoms with Crippen LogP contribution in [-0.4, -0.2) is 11.8 Å². The van der Waals surface area contributed by atoms with Crippen molar-refractivity contribution in [2.24, 2.45) is 0 Å². The van der Waals surface area contributed by atoms with Crippen LogP contribution in [0.4, 0.5) is 5.69 Å². The van der Waals surface area contributed by atoms with Crippen molar-refractivity contribution in [3.8, 4) is 23.3 Å². The van der Waals surface area contributed by atoms with Gasteiger partial charge in [0.1, 0.15) is 35.6 Å². The number of para-hydroxylation sites is 1. The maximum Gasteiger partial charge on any atom is 0.275 e. The Balaban J connectivity index is 1.35. The van der Waals surface area contributed by atoms with Crippen molar-refractivity contribution in [3.05, 3.63) is 126 Å². The number of nitrogens with zero attached hydrogens (tertiary/aromatic N) is 1. The lowest BCUT2D eigenvalue weighted by molar-refractivity contribution is -0.123. The second-order valence-electron chi connectivity index (χ2n) is 8.19. The molecule has 0 saturated carbocycles. The van der Waals surface area contributed by atoms with Gasteiger partial charge in [0.25, 0.3) is 11.8 Å². The van der Waals surface area contributed by atoms with Crippen LogP contribution in [0, 0.1) is 11.3 Å². The summed E-state index contributed by atoms with van der Waals surface area (Å²) in [6.07, 6.45) is 0. The second-order valence-corrected chi connectivity index (χ2v) is 8.19. The molecule has 1 heterocycles. The molecule has 0 atom stereocenters. The highest BCUT2D eigenvalue weighted by Gasteiger charge is 2.31. The summed E-state index contributed by atoms with van der Waals surface area (Å²) in [5, 5.41) is 14.7. The number of nitriles is 1. The van der Waals surface area contributed by atoms with E-state index < -0.39 is 11.8 Å². The number of carbonyl (C=O) groups excluding carboxylic acids is 2. The third kappa shape index (κ3) is 5.34. The predicted octanol–water partition coefficient (Wildman–Crippen LogP) is 5.41. The maximum atomic E-state index is 12.7. The van der Waals surface area contributed by atoms with E-state index in [4.69, 9.17) is 9.47 Å². The first-order valence-electron chi connectivity index (χ1n) is 11.5. The van der Waals surface area contributed by atoms with Crippen LogP contribution in [0.3, 0.4) is 0 Å². The van der Waals surface area contributed by atoms with Gasteiger partial charge in [-0.25, -0.2) is 0 Å². The first-order valence-corrected chi connectivity index (χ1v) is 11.5. The van der Waals surface area contributed by atoms with E-state index >= 15 is 0 Å². The zero-order chi connectivity index (χ0) is 25.6. The van der Waals surface area contributed by atoms with Gasteiger partial charge in [0.05, 0.1) is 11.1 Å². The molecule has 4 aromatic rings. The number of imide groups is 1. The molecule has 0 unspecified atom stereocenters. The van der Waals surface area contributed by atoms with Gasteiger partial charge in [-0.15, -0.1) is 0 Å². The lowest BCUT2D eigenvalue weighted by atomic mass is 10.0. The number of anilines is 1. The molecular formula is C30H21N3O4. The number of carbonyl (C=O) groups is 2. The van der Waals surface area contributed by atoms with Crippen LogP contribution in [0.1, 0.15) is 16.7 Å². The topological polar surface area (TPSA) is 100 Å². The summed E-state index contributed by atoms with van der Waals surface area (Å²) in [5.41, 5.74) is 2.98. The van der Waals surface area contributed by atoms with Gasteiger partial charge in [-0.2, -0.15) is 5.26 Å². The van der Waals surface area contributed by atoms with Gasteiger partial charge in [-0.3, -0.25) is 14.9 Å². The van der Waals surface area contributed by atoms with Crippen LogP contribution in [-0.2, 0) is 16.2 Å². The second kappa shape index (κ2) is 10.5. The molecule has 5 rings (SSSR count). The van der Waals surface area contributed by atoms with E-state index in [0.717, 1.165) is 5.56 Å². The van der Waals surface area contributed by atoms with E-state index in [1.54, 1.807) is 72.8 Å². The average molecular weight is 488 g/mol. The molecule has 0 spiro atoms. The van der Waals surface area contributed by atoms with Gasteiger partial charge >= 0.3 is 0 Å². The molecule has 1 aliphatic heterocycles. The Bertz CT molecular complexity index is 1540. The molecule has 7 nitrogen and oxygen atoms in total. The molecule has 0 bridgehead atoms. The molecule has 1 aliphatic rings. The first kappa shape index (κ1) is 23.4. The summed E-state index contributed by atoms with van der Waals surface area (Å²) in [5.74, 6) is 0.558. The highest BCUT2D eigenvalue weighted by molar-refractivity contribution is 6.36. The van der Waals surface area contributed by atoms with Crippen LogP contribution < -0.4 is 20.1 Å². The minimum absolute atomic E-state index is 0.147. The summed E-state index contributed by atoms with van der Waals surface area (Å²) < 4.78 is 11.7. The van der Waals surface area contributed by atoms with Crippen molar-refractivity contribution in [1.29, 1.82) is 5.26 Å². The normalized spacial score (nSPS) is 12.6. The Kier molecular flexibility index (Phi) is 6.64. The molecule has 0 aliphatic carbocycles. The quantitative estimate of drug-likeness (QED) is 0.323. The van der Waals surface area contributed by atoms with Crippen molar-refractivity contribution >= 4 is 23.1 Å². The standard InChI is InChI=1S/C30H21N3O4/c31-18-22-9-4-5-12-26(22)37-24-15-13-23(14-16-24)32-28-27(29(34)33-30(28)35)21-10-6-11-25(17-21)36-19-20-7-2-1-3-8-20/h1-17H,19H2,(H2,32,33,34,35). The van der Waals surface area contributed by atoms with Gasteiger partial charge < -0.3 is 14.8 Å². The van der Waals surface area contributed by atoms with Crippen molar-refractivity contribution < 1.29 is 19.1 Å². The van der Waals surface area contributed by atoms with E-state index in [2.05, 4.69) is 16.7 Å². The SMILES string of the molecule is N#Cc1ccccc1Oc1ccc(NC2=C(c3cccc(OCc4ccccc4)c3)C(=O)NC2=O)cc1. The molecule has 7 heteroatoms. The highest BCUT2D eigenvalue weighted by atomic mass is 16.5. The van der Waals surface area contributed by atoms with Crippen molar-refractivity contribution in [3.63, 3.8) is 0 Å². The lowest BCUT2D eigenvalue weighted by Gasteiger charge is -2.11. The van der Waals surface area contributed by atoms with Crippen LogP contribution in [0.25, 0.3) is 5.57 Å². The summed E-state index contributed by atoms with van der Waals surface area (Å²) in [7, 11) is 0. The molecule has 37 heavy (non-hydrogen) atoms. The summed E-state index contributed by atoms with van der Waals surface area (Å²) >= 11 is 0. The van der Waals surface area contributed by atoms with Crippen LogP contribution in [0.15, 0.2) is 109 Å². The van der Waals surface area contributed by atoms with E-state index in [1.165, 1.54) is 0 Å². The van der Waals surface area contributed by atoms with Gasteiger partial charge in [0.15, 0.2) is 0 Å². The largest absolute Gasteiger partial charge is 0.489 e. The minimum Gasteiger partial charge on any atom is -0.489 e. The van der Waals surface area contributed by atoms with E-state index in [0.29, 0.717) is 40.7 Å². The smallest absolute Gasteiger partial charge is 0.275 e. The summed E-state index contributed by atoms with van der Waals surface area (Å²) in [6, 6.07) is 32.8. The Morgan fingerprint density at radius 1 is 0.784 bits per heavy atom. The van der Waals surface area contributed by atoms with E-state index in [1.807, 2.05) is 30.3 Å². The van der Waals surface area contributed by atoms with Crippen LogP contribution in [0.2, 0.25) is 0 Å². The molecule has 180 valence electrons. The van der Waals surface area contributed by atoms with Gasteiger partial charge in [0.2, 0.25) is 0 Å². The van der Waals surface area contributed by atoms with Crippen LogP contribution >= 0.6 is 0 Å². The summed E-state index contributed by atoms with van der Waals surface area (Å²) in [4.78, 5) is 25.3.